The van der Waals surface area contributed by atoms with Gasteiger partial charge in [-0.15, -0.1) is 0 Å². The molecule has 5 heteroatoms. The first kappa shape index (κ1) is 17.7. The first-order valence-electron chi connectivity index (χ1n) is 6.79. The molecule has 0 aliphatic rings. The second kappa shape index (κ2) is 8.20. The van der Waals surface area contributed by atoms with E-state index in [1.54, 1.807) is 20.1 Å². The second-order valence-electron chi connectivity index (χ2n) is 5.25. The third-order valence-electron chi connectivity index (χ3n) is 3.32. The third kappa shape index (κ3) is 5.58. The summed E-state index contributed by atoms with van der Waals surface area (Å²) in [7, 11) is 1.63. The Kier molecular flexibility index (Phi) is 7.27. The van der Waals surface area contributed by atoms with Crippen LogP contribution in [0.2, 0.25) is 10.0 Å². The van der Waals surface area contributed by atoms with E-state index in [1.165, 1.54) is 0 Å². The van der Waals surface area contributed by atoms with Crippen LogP contribution in [0.4, 0.5) is 0 Å². The van der Waals surface area contributed by atoms with Gasteiger partial charge in [0.05, 0.1) is 5.60 Å². The van der Waals surface area contributed by atoms with Crippen LogP contribution in [0.25, 0.3) is 0 Å². The molecule has 0 aliphatic heterocycles. The van der Waals surface area contributed by atoms with Gasteiger partial charge >= 0.3 is 0 Å². The van der Waals surface area contributed by atoms with Gasteiger partial charge in [0.2, 0.25) is 0 Å². The van der Waals surface area contributed by atoms with E-state index in [0.29, 0.717) is 29.6 Å². The highest BCUT2D eigenvalue weighted by Gasteiger charge is 2.22. The summed E-state index contributed by atoms with van der Waals surface area (Å²) in [6.45, 7) is 4.89. The molecule has 114 valence electrons. The third-order valence-corrected chi connectivity index (χ3v) is 3.88. The molecule has 0 amide bonds. The zero-order valence-electron chi connectivity index (χ0n) is 12.2. The van der Waals surface area contributed by atoms with Crippen LogP contribution in [0.5, 0.6) is 0 Å². The molecule has 0 saturated heterocycles. The van der Waals surface area contributed by atoms with Crippen molar-refractivity contribution in [3.63, 3.8) is 0 Å². The van der Waals surface area contributed by atoms with Gasteiger partial charge in [-0.05, 0) is 31.0 Å². The Morgan fingerprint density at radius 3 is 2.65 bits per heavy atom. The fourth-order valence-electron chi connectivity index (χ4n) is 2.01. The normalized spacial score (nSPS) is 15.9. The number of benzene rings is 1. The number of hydrogen-bond donors (Lipinski definition) is 2. The monoisotopic (exact) mass is 319 g/mol. The number of aliphatic hydroxyl groups is 1. The smallest absolute Gasteiger partial charge is 0.0765 e. The van der Waals surface area contributed by atoms with Gasteiger partial charge in [0, 0.05) is 42.8 Å². The Labute approximate surface area is 131 Å². The van der Waals surface area contributed by atoms with Gasteiger partial charge in [-0.2, -0.15) is 0 Å². The maximum Gasteiger partial charge on any atom is 0.0765 e. The van der Waals surface area contributed by atoms with E-state index < -0.39 is 5.60 Å². The van der Waals surface area contributed by atoms with Crippen LogP contribution in [0.15, 0.2) is 18.2 Å². The Morgan fingerprint density at radius 2 is 2.10 bits per heavy atom. The van der Waals surface area contributed by atoms with Crippen LogP contribution in [0, 0.1) is 0 Å². The first-order valence-corrected chi connectivity index (χ1v) is 7.55. The number of nitrogens with one attached hydrogen (secondary N) is 1. The molecule has 2 unspecified atom stereocenters. The number of rotatable bonds is 8. The van der Waals surface area contributed by atoms with Crippen LogP contribution in [-0.2, 0) is 4.74 Å². The molecule has 0 spiro atoms. The van der Waals surface area contributed by atoms with Gasteiger partial charge in [0.1, 0.15) is 0 Å². The minimum atomic E-state index is -0.803. The van der Waals surface area contributed by atoms with Crippen LogP contribution < -0.4 is 5.32 Å². The molecular formula is C15H23Cl2NO2. The van der Waals surface area contributed by atoms with E-state index in [1.807, 2.05) is 12.1 Å². The van der Waals surface area contributed by atoms with E-state index in [9.17, 15) is 5.11 Å². The fraction of sp³-hybridized carbons (Fsp3) is 0.600. The minimum Gasteiger partial charge on any atom is -0.389 e. The quantitative estimate of drug-likeness (QED) is 0.765. The highest BCUT2D eigenvalue weighted by Crippen LogP contribution is 2.28. The van der Waals surface area contributed by atoms with Gasteiger partial charge in [0.25, 0.3) is 0 Å². The van der Waals surface area contributed by atoms with E-state index in [0.717, 1.165) is 12.0 Å². The van der Waals surface area contributed by atoms with E-state index in [2.05, 4.69) is 12.2 Å². The molecule has 0 bridgehead atoms. The fourth-order valence-corrected chi connectivity index (χ4v) is 2.55. The molecule has 0 radical (unpaired) electrons. The summed E-state index contributed by atoms with van der Waals surface area (Å²) in [6, 6.07) is 5.59. The van der Waals surface area contributed by atoms with Crippen molar-refractivity contribution in [3.05, 3.63) is 33.8 Å². The van der Waals surface area contributed by atoms with Crippen LogP contribution in [-0.4, -0.2) is 31.0 Å². The van der Waals surface area contributed by atoms with Crippen molar-refractivity contribution in [2.45, 2.75) is 38.3 Å². The van der Waals surface area contributed by atoms with Gasteiger partial charge in [-0.3, -0.25) is 0 Å². The number of ether oxygens (including phenoxy) is 1. The highest BCUT2D eigenvalue weighted by atomic mass is 35.5. The van der Waals surface area contributed by atoms with Gasteiger partial charge in [-0.25, -0.2) is 0 Å². The largest absolute Gasteiger partial charge is 0.389 e. The molecule has 1 aromatic rings. The predicted octanol–water partition coefficient (Wildman–Crippen LogP) is 3.82. The molecule has 0 saturated carbocycles. The molecule has 3 nitrogen and oxygen atoms in total. The number of hydrogen-bond acceptors (Lipinski definition) is 3. The Hall–Kier alpha value is -0.320. The zero-order valence-corrected chi connectivity index (χ0v) is 13.8. The zero-order chi connectivity index (χ0) is 15.2. The average molecular weight is 320 g/mol. The van der Waals surface area contributed by atoms with E-state index in [4.69, 9.17) is 27.9 Å². The van der Waals surface area contributed by atoms with Crippen molar-refractivity contribution >= 4 is 23.2 Å². The van der Waals surface area contributed by atoms with Crippen molar-refractivity contribution in [2.75, 3.05) is 20.3 Å². The Morgan fingerprint density at radius 1 is 1.40 bits per heavy atom. The van der Waals surface area contributed by atoms with Crippen molar-refractivity contribution in [1.29, 1.82) is 0 Å². The maximum atomic E-state index is 10.3. The maximum absolute atomic E-state index is 10.3. The predicted molar refractivity (Wildman–Crippen MR) is 84.6 cm³/mol. The highest BCUT2D eigenvalue weighted by molar-refractivity contribution is 6.35. The summed E-state index contributed by atoms with van der Waals surface area (Å²) in [5, 5.41) is 14.9. The first-order chi connectivity index (χ1) is 9.39. The van der Waals surface area contributed by atoms with Crippen molar-refractivity contribution in [2.24, 2.45) is 0 Å². The second-order valence-corrected chi connectivity index (χ2v) is 6.09. The molecule has 1 aromatic carbocycles. The van der Waals surface area contributed by atoms with Crippen LogP contribution in [0.1, 0.15) is 38.3 Å². The Bertz CT molecular complexity index is 424. The molecule has 0 heterocycles. The van der Waals surface area contributed by atoms with E-state index in [-0.39, 0.29) is 6.04 Å². The average Bonchev–Trinajstić information content (AvgIpc) is 2.39. The summed E-state index contributed by atoms with van der Waals surface area (Å²) in [4.78, 5) is 0. The molecular weight excluding hydrogens is 297 g/mol. The van der Waals surface area contributed by atoms with Crippen LogP contribution in [0.3, 0.4) is 0 Å². The standard InChI is InChI=1S/C15H23Cl2NO2/c1-4-14(12-6-5-11(16)9-13(12)17)18-10-15(2,19)7-8-20-3/h5-6,9,14,18-19H,4,7-8,10H2,1-3H3. The molecule has 0 fully saturated rings. The lowest BCUT2D eigenvalue weighted by Crippen LogP contribution is -2.40. The molecule has 0 aliphatic carbocycles. The SMILES string of the molecule is CCC(NCC(C)(O)CCOC)c1ccc(Cl)cc1Cl. The minimum absolute atomic E-state index is 0.0915. The van der Waals surface area contributed by atoms with Gasteiger partial charge in [-0.1, -0.05) is 36.2 Å². The number of halogens is 2. The van der Waals surface area contributed by atoms with Crippen molar-refractivity contribution in [1.82, 2.24) is 5.32 Å². The lowest BCUT2D eigenvalue weighted by atomic mass is 10.00. The molecule has 20 heavy (non-hydrogen) atoms. The number of methoxy groups -OCH3 is 1. The molecule has 1 rings (SSSR count). The summed E-state index contributed by atoms with van der Waals surface area (Å²) in [6.07, 6.45) is 1.46. The molecule has 0 aromatic heterocycles. The lowest BCUT2D eigenvalue weighted by molar-refractivity contribution is 0.0226. The molecule has 2 atom stereocenters. The van der Waals surface area contributed by atoms with Gasteiger partial charge < -0.3 is 15.2 Å². The van der Waals surface area contributed by atoms with Gasteiger partial charge in [0.15, 0.2) is 0 Å². The van der Waals surface area contributed by atoms with Crippen molar-refractivity contribution < 1.29 is 9.84 Å². The summed E-state index contributed by atoms with van der Waals surface area (Å²) in [5.41, 5.74) is 0.198. The lowest BCUT2D eigenvalue weighted by Gasteiger charge is -2.27. The summed E-state index contributed by atoms with van der Waals surface area (Å²) in [5.74, 6) is 0. The Balaban J connectivity index is 2.67. The van der Waals surface area contributed by atoms with E-state index >= 15 is 0 Å². The summed E-state index contributed by atoms with van der Waals surface area (Å²) >= 11 is 12.1. The summed E-state index contributed by atoms with van der Waals surface area (Å²) < 4.78 is 5.00. The molecule has 2 N–H and O–H groups in total. The topological polar surface area (TPSA) is 41.5 Å². The van der Waals surface area contributed by atoms with Crippen LogP contribution >= 0.6 is 23.2 Å². The van der Waals surface area contributed by atoms with Crippen molar-refractivity contribution in [3.8, 4) is 0 Å².